The zero-order valence-corrected chi connectivity index (χ0v) is 12.1. The van der Waals surface area contributed by atoms with Crippen molar-refractivity contribution in [2.45, 2.75) is 13.5 Å². The van der Waals surface area contributed by atoms with Gasteiger partial charge in [-0.1, -0.05) is 11.6 Å². The number of hydrogen-bond acceptors (Lipinski definition) is 5. The number of thiazole rings is 1. The van der Waals surface area contributed by atoms with Gasteiger partial charge in [0, 0.05) is 18.1 Å². The van der Waals surface area contributed by atoms with Gasteiger partial charge in [0.1, 0.15) is 5.15 Å². The fourth-order valence-corrected chi connectivity index (χ4v) is 2.62. The van der Waals surface area contributed by atoms with E-state index in [1.165, 1.54) is 12.3 Å². The van der Waals surface area contributed by atoms with Crippen LogP contribution < -0.4 is 5.73 Å². The first-order valence-electron chi connectivity index (χ1n) is 5.55. The first-order chi connectivity index (χ1) is 8.97. The molecule has 2 aromatic heterocycles. The van der Waals surface area contributed by atoms with E-state index < -0.39 is 0 Å². The number of amides is 1. The van der Waals surface area contributed by atoms with Crippen LogP contribution in [-0.2, 0) is 6.54 Å². The number of nitrogens with zero attached hydrogens (tertiary/aromatic N) is 3. The van der Waals surface area contributed by atoms with Crippen LogP contribution in [0.25, 0.3) is 0 Å². The van der Waals surface area contributed by atoms with Crippen molar-refractivity contribution >= 4 is 34.5 Å². The van der Waals surface area contributed by atoms with E-state index in [1.54, 1.807) is 29.5 Å². The number of carbonyl (C=O) groups excluding carboxylic acids is 1. The molecule has 100 valence electrons. The summed E-state index contributed by atoms with van der Waals surface area (Å²) in [7, 11) is 1.71. The van der Waals surface area contributed by atoms with Crippen molar-refractivity contribution < 1.29 is 4.79 Å². The molecule has 0 unspecified atom stereocenters. The van der Waals surface area contributed by atoms with Crippen LogP contribution in [0.1, 0.15) is 20.2 Å². The number of nitrogen functional groups attached to an aromatic ring is 1. The normalized spacial score (nSPS) is 10.5. The van der Waals surface area contributed by atoms with Crippen molar-refractivity contribution in [2.24, 2.45) is 0 Å². The molecule has 2 heterocycles. The van der Waals surface area contributed by atoms with Gasteiger partial charge < -0.3 is 10.6 Å². The smallest absolute Gasteiger partial charge is 0.256 e. The number of hydrogen-bond donors (Lipinski definition) is 1. The van der Waals surface area contributed by atoms with Crippen LogP contribution in [0.3, 0.4) is 0 Å². The van der Waals surface area contributed by atoms with E-state index in [0.29, 0.717) is 17.8 Å². The average Bonchev–Trinajstić information content (AvgIpc) is 2.77. The number of aromatic nitrogens is 2. The molecule has 0 saturated carbocycles. The summed E-state index contributed by atoms with van der Waals surface area (Å²) in [5.74, 6) is -0.187. The first-order valence-corrected chi connectivity index (χ1v) is 6.74. The zero-order chi connectivity index (χ0) is 14.0. The molecule has 0 aliphatic rings. The maximum Gasteiger partial charge on any atom is 0.256 e. The van der Waals surface area contributed by atoms with Crippen LogP contribution >= 0.6 is 22.9 Å². The lowest BCUT2D eigenvalue weighted by atomic mass is 10.2. The Labute approximate surface area is 120 Å². The van der Waals surface area contributed by atoms with Crippen LogP contribution in [0, 0.1) is 6.92 Å². The highest BCUT2D eigenvalue weighted by atomic mass is 35.5. The Morgan fingerprint density at radius 2 is 2.21 bits per heavy atom. The van der Waals surface area contributed by atoms with E-state index in [-0.39, 0.29) is 11.1 Å². The third-order valence-corrected chi connectivity index (χ3v) is 3.64. The number of carbonyl (C=O) groups is 1. The SMILES string of the molecule is Cc1ncc(CN(C)C(=O)c2cc(Cl)ncc2N)s1. The molecule has 2 rings (SSSR count). The lowest BCUT2D eigenvalue weighted by Crippen LogP contribution is -2.26. The largest absolute Gasteiger partial charge is 0.397 e. The Morgan fingerprint density at radius 3 is 2.84 bits per heavy atom. The molecule has 0 radical (unpaired) electrons. The standard InChI is InChI=1S/C12H13ClN4OS/c1-7-15-4-8(19-7)6-17(2)12(18)9-3-11(13)16-5-10(9)14/h3-5H,6,14H2,1-2H3. The highest BCUT2D eigenvalue weighted by Gasteiger charge is 2.16. The minimum atomic E-state index is -0.187. The topological polar surface area (TPSA) is 72.1 Å². The summed E-state index contributed by atoms with van der Waals surface area (Å²) in [4.78, 5) is 22.9. The molecule has 0 bridgehead atoms. The predicted octanol–water partition coefficient (Wildman–Crippen LogP) is 2.35. The Bertz CT molecular complexity index is 614. The van der Waals surface area contributed by atoms with Crippen molar-refractivity contribution in [3.8, 4) is 0 Å². The van der Waals surface area contributed by atoms with E-state index in [0.717, 1.165) is 9.88 Å². The van der Waals surface area contributed by atoms with Gasteiger partial charge in [-0.25, -0.2) is 9.97 Å². The molecular formula is C12H13ClN4OS. The first kappa shape index (κ1) is 13.8. The van der Waals surface area contributed by atoms with Crippen LogP contribution in [0.15, 0.2) is 18.5 Å². The maximum absolute atomic E-state index is 12.3. The van der Waals surface area contributed by atoms with Gasteiger partial charge in [-0.15, -0.1) is 11.3 Å². The van der Waals surface area contributed by atoms with Gasteiger partial charge in [0.2, 0.25) is 0 Å². The van der Waals surface area contributed by atoms with Crippen LogP contribution in [0.2, 0.25) is 5.15 Å². The van der Waals surface area contributed by atoms with E-state index in [4.69, 9.17) is 17.3 Å². The molecule has 1 amide bonds. The fourth-order valence-electron chi connectivity index (χ4n) is 1.62. The monoisotopic (exact) mass is 296 g/mol. The summed E-state index contributed by atoms with van der Waals surface area (Å²) in [6.45, 7) is 2.42. The molecule has 0 saturated heterocycles. The van der Waals surface area contributed by atoms with Crippen molar-refractivity contribution in [3.05, 3.63) is 39.1 Å². The van der Waals surface area contributed by atoms with E-state index >= 15 is 0 Å². The molecular weight excluding hydrogens is 284 g/mol. The zero-order valence-electron chi connectivity index (χ0n) is 10.6. The van der Waals surface area contributed by atoms with Crippen molar-refractivity contribution in [3.63, 3.8) is 0 Å². The van der Waals surface area contributed by atoms with Gasteiger partial charge in [-0.2, -0.15) is 0 Å². The third kappa shape index (κ3) is 3.21. The fraction of sp³-hybridized carbons (Fsp3) is 0.250. The molecule has 5 nitrogen and oxygen atoms in total. The molecule has 0 aliphatic carbocycles. The number of aryl methyl sites for hydroxylation is 1. The van der Waals surface area contributed by atoms with E-state index in [9.17, 15) is 4.79 Å². The van der Waals surface area contributed by atoms with Gasteiger partial charge in [0.25, 0.3) is 5.91 Å². The molecule has 0 spiro atoms. The molecule has 0 fully saturated rings. The molecule has 7 heteroatoms. The Balaban J connectivity index is 2.16. The lowest BCUT2D eigenvalue weighted by molar-refractivity contribution is 0.0787. The molecule has 0 aliphatic heterocycles. The quantitative estimate of drug-likeness (QED) is 0.883. The summed E-state index contributed by atoms with van der Waals surface area (Å²) in [6, 6.07) is 1.48. The van der Waals surface area contributed by atoms with Crippen LogP contribution in [0.4, 0.5) is 5.69 Å². The second-order valence-electron chi connectivity index (χ2n) is 4.10. The minimum absolute atomic E-state index is 0.187. The highest BCUT2D eigenvalue weighted by Crippen LogP contribution is 2.19. The maximum atomic E-state index is 12.3. The van der Waals surface area contributed by atoms with Crippen molar-refractivity contribution in [2.75, 3.05) is 12.8 Å². The molecule has 0 aromatic carbocycles. The van der Waals surface area contributed by atoms with Gasteiger partial charge >= 0.3 is 0 Å². The van der Waals surface area contributed by atoms with Gasteiger partial charge in [-0.3, -0.25) is 4.79 Å². The lowest BCUT2D eigenvalue weighted by Gasteiger charge is -2.17. The summed E-state index contributed by atoms with van der Waals surface area (Å²) in [5.41, 5.74) is 6.43. The second-order valence-corrected chi connectivity index (χ2v) is 5.81. The van der Waals surface area contributed by atoms with Crippen LogP contribution in [-0.4, -0.2) is 27.8 Å². The van der Waals surface area contributed by atoms with Gasteiger partial charge in [0.05, 0.1) is 29.0 Å². The number of pyridine rings is 1. The molecule has 2 aromatic rings. The van der Waals surface area contributed by atoms with Gasteiger partial charge in [0.15, 0.2) is 0 Å². The average molecular weight is 297 g/mol. The predicted molar refractivity (Wildman–Crippen MR) is 76.3 cm³/mol. The minimum Gasteiger partial charge on any atom is -0.397 e. The number of anilines is 1. The summed E-state index contributed by atoms with van der Waals surface area (Å²) in [5, 5.41) is 1.22. The van der Waals surface area contributed by atoms with E-state index in [2.05, 4.69) is 9.97 Å². The summed E-state index contributed by atoms with van der Waals surface area (Å²) in [6.07, 6.45) is 3.16. The Hall–Kier alpha value is -1.66. The van der Waals surface area contributed by atoms with Gasteiger partial charge in [-0.05, 0) is 13.0 Å². The summed E-state index contributed by atoms with van der Waals surface area (Å²) < 4.78 is 0. The molecule has 0 atom stereocenters. The van der Waals surface area contributed by atoms with E-state index in [1.807, 2.05) is 6.92 Å². The Kier molecular flexibility index (Phi) is 4.01. The third-order valence-electron chi connectivity index (χ3n) is 2.54. The number of nitrogens with two attached hydrogens (primary N) is 1. The molecule has 2 N–H and O–H groups in total. The highest BCUT2D eigenvalue weighted by molar-refractivity contribution is 7.11. The molecule has 19 heavy (non-hydrogen) atoms. The number of halogens is 1. The summed E-state index contributed by atoms with van der Waals surface area (Å²) >= 11 is 7.35. The van der Waals surface area contributed by atoms with Crippen molar-refractivity contribution in [1.82, 2.24) is 14.9 Å². The number of rotatable bonds is 3. The van der Waals surface area contributed by atoms with Crippen LogP contribution in [0.5, 0.6) is 0 Å². The Morgan fingerprint density at radius 1 is 1.47 bits per heavy atom. The van der Waals surface area contributed by atoms with Crippen molar-refractivity contribution in [1.29, 1.82) is 0 Å². The second kappa shape index (κ2) is 5.54.